The molecule has 0 saturated carbocycles. The van der Waals surface area contributed by atoms with Crippen LogP contribution in [0.1, 0.15) is 19.8 Å². The Bertz CT molecular complexity index is 829. The van der Waals surface area contributed by atoms with Crippen LogP contribution in [0.3, 0.4) is 0 Å². The Morgan fingerprint density at radius 1 is 1.17 bits per heavy atom. The summed E-state index contributed by atoms with van der Waals surface area (Å²) in [4.78, 5) is 18.0. The van der Waals surface area contributed by atoms with Crippen LogP contribution in [0.15, 0.2) is 59.6 Å². The number of rotatable bonds is 7. The van der Waals surface area contributed by atoms with Gasteiger partial charge < -0.3 is 20.3 Å². The van der Waals surface area contributed by atoms with Crippen LogP contribution >= 0.6 is 24.0 Å². The molecular formula is C23H31IN4O2. The van der Waals surface area contributed by atoms with E-state index in [1.165, 1.54) is 0 Å². The molecular weight excluding hydrogens is 491 g/mol. The Morgan fingerprint density at radius 3 is 2.63 bits per heavy atom. The monoisotopic (exact) mass is 522 g/mol. The molecule has 2 aromatic rings. The third kappa shape index (κ3) is 6.62. The molecule has 0 spiro atoms. The molecule has 0 bridgehead atoms. The van der Waals surface area contributed by atoms with E-state index in [0.29, 0.717) is 19.6 Å². The molecule has 1 saturated heterocycles. The van der Waals surface area contributed by atoms with Gasteiger partial charge in [-0.1, -0.05) is 55.5 Å². The minimum Gasteiger partial charge on any atom is -0.491 e. The van der Waals surface area contributed by atoms with Gasteiger partial charge in [0.05, 0.1) is 6.54 Å². The van der Waals surface area contributed by atoms with Crippen LogP contribution in [0, 0.1) is 0 Å². The number of carbonyl (C=O) groups is 1. The van der Waals surface area contributed by atoms with Gasteiger partial charge in [0.15, 0.2) is 5.96 Å². The van der Waals surface area contributed by atoms with E-state index in [2.05, 4.69) is 33.8 Å². The Morgan fingerprint density at radius 2 is 1.90 bits per heavy atom. The maximum absolute atomic E-state index is 11.8. The summed E-state index contributed by atoms with van der Waals surface area (Å²) < 4.78 is 6.02. The zero-order valence-electron chi connectivity index (χ0n) is 17.6. The van der Waals surface area contributed by atoms with Crippen molar-refractivity contribution in [3.63, 3.8) is 0 Å². The standard InChI is InChI=1S/C23H30N4O2.HI/c1-3-22(28)27-15-13-19(17-27)26-23(24-2)25-14-16-29-21-12-8-7-11-20(21)18-9-5-4-6-10-18;/h4-12,19H,3,13-17H2,1-2H3,(H2,24,25,26);1H. The van der Waals surface area contributed by atoms with Gasteiger partial charge in [-0.15, -0.1) is 24.0 Å². The highest BCUT2D eigenvalue weighted by atomic mass is 127. The molecule has 0 radical (unpaired) electrons. The van der Waals surface area contributed by atoms with Crippen molar-refractivity contribution in [2.75, 3.05) is 33.3 Å². The fourth-order valence-electron chi connectivity index (χ4n) is 3.50. The lowest BCUT2D eigenvalue weighted by Gasteiger charge is -2.19. The number of carbonyl (C=O) groups excluding carboxylic acids is 1. The predicted molar refractivity (Wildman–Crippen MR) is 133 cm³/mol. The van der Waals surface area contributed by atoms with Gasteiger partial charge in [-0.3, -0.25) is 9.79 Å². The molecule has 0 aromatic heterocycles. The van der Waals surface area contributed by atoms with E-state index < -0.39 is 0 Å². The molecule has 162 valence electrons. The molecule has 1 heterocycles. The van der Waals surface area contributed by atoms with E-state index >= 15 is 0 Å². The summed E-state index contributed by atoms with van der Waals surface area (Å²) in [5.74, 6) is 1.82. The van der Waals surface area contributed by atoms with E-state index in [9.17, 15) is 4.79 Å². The van der Waals surface area contributed by atoms with Crippen LogP contribution in [-0.4, -0.2) is 56.1 Å². The van der Waals surface area contributed by atoms with Gasteiger partial charge in [-0.05, 0) is 18.1 Å². The van der Waals surface area contributed by atoms with Crippen LogP contribution in [0.4, 0.5) is 0 Å². The predicted octanol–water partition coefficient (Wildman–Crippen LogP) is 3.53. The first-order valence-electron chi connectivity index (χ1n) is 10.2. The van der Waals surface area contributed by atoms with Gasteiger partial charge in [-0.25, -0.2) is 0 Å². The van der Waals surface area contributed by atoms with Crippen LogP contribution in [0.5, 0.6) is 5.75 Å². The van der Waals surface area contributed by atoms with Crippen molar-refractivity contribution in [1.29, 1.82) is 0 Å². The Kier molecular flexibility index (Phi) is 9.93. The first-order chi connectivity index (χ1) is 14.2. The number of hydrogen-bond donors (Lipinski definition) is 2. The van der Waals surface area contributed by atoms with Crippen molar-refractivity contribution < 1.29 is 9.53 Å². The minimum atomic E-state index is 0. The molecule has 1 aliphatic rings. The number of nitrogens with one attached hydrogen (secondary N) is 2. The van der Waals surface area contributed by atoms with Crippen molar-refractivity contribution in [2.45, 2.75) is 25.8 Å². The zero-order chi connectivity index (χ0) is 20.5. The summed E-state index contributed by atoms with van der Waals surface area (Å²) >= 11 is 0. The molecule has 1 aliphatic heterocycles. The average molecular weight is 522 g/mol. The number of aliphatic imine (C=N–C) groups is 1. The van der Waals surface area contributed by atoms with Crippen LogP contribution in [0.25, 0.3) is 11.1 Å². The van der Waals surface area contributed by atoms with Gasteiger partial charge >= 0.3 is 0 Å². The molecule has 3 rings (SSSR count). The first-order valence-corrected chi connectivity index (χ1v) is 10.2. The molecule has 1 fully saturated rings. The highest BCUT2D eigenvalue weighted by Crippen LogP contribution is 2.29. The largest absolute Gasteiger partial charge is 0.491 e. The van der Waals surface area contributed by atoms with Crippen molar-refractivity contribution in [3.8, 4) is 16.9 Å². The quantitative estimate of drug-likeness (QED) is 0.253. The van der Waals surface area contributed by atoms with E-state index in [4.69, 9.17) is 4.74 Å². The smallest absolute Gasteiger partial charge is 0.222 e. The van der Waals surface area contributed by atoms with E-state index in [-0.39, 0.29) is 35.9 Å². The van der Waals surface area contributed by atoms with E-state index in [0.717, 1.165) is 42.3 Å². The zero-order valence-corrected chi connectivity index (χ0v) is 20.0. The number of likely N-dealkylation sites (tertiary alicyclic amines) is 1. The second-order valence-corrected chi connectivity index (χ2v) is 7.03. The lowest BCUT2D eigenvalue weighted by molar-refractivity contribution is -0.129. The molecule has 2 aromatic carbocycles. The number of ether oxygens (including phenoxy) is 1. The van der Waals surface area contributed by atoms with Gasteiger partial charge in [0, 0.05) is 38.2 Å². The SMILES string of the molecule is CCC(=O)N1CCC(NC(=NC)NCCOc2ccccc2-c2ccccc2)C1.I. The summed E-state index contributed by atoms with van der Waals surface area (Å²) in [6.45, 7) is 4.59. The molecule has 7 heteroatoms. The second-order valence-electron chi connectivity index (χ2n) is 7.03. The van der Waals surface area contributed by atoms with Crippen molar-refractivity contribution in [3.05, 3.63) is 54.6 Å². The number of guanidine groups is 1. The Labute approximate surface area is 196 Å². The normalized spacial score (nSPS) is 16.0. The highest BCUT2D eigenvalue weighted by molar-refractivity contribution is 14.0. The van der Waals surface area contributed by atoms with Crippen molar-refractivity contribution in [2.24, 2.45) is 4.99 Å². The molecule has 0 aliphatic carbocycles. The third-order valence-electron chi connectivity index (χ3n) is 5.03. The number of para-hydroxylation sites is 1. The van der Waals surface area contributed by atoms with E-state index in [1.807, 2.05) is 48.2 Å². The Hall–Kier alpha value is -2.29. The number of halogens is 1. The molecule has 30 heavy (non-hydrogen) atoms. The fraction of sp³-hybridized carbons (Fsp3) is 0.391. The molecule has 1 unspecified atom stereocenters. The fourth-order valence-corrected chi connectivity index (χ4v) is 3.50. The maximum atomic E-state index is 11.8. The van der Waals surface area contributed by atoms with Crippen molar-refractivity contribution in [1.82, 2.24) is 15.5 Å². The Balaban J connectivity index is 0.00000320. The third-order valence-corrected chi connectivity index (χ3v) is 5.03. The topological polar surface area (TPSA) is 66.0 Å². The lowest BCUT2D eigenvalue weighted by Crippen LogP contribution is -2.46. The van der Waals surface area contributed by atoms with Crippen LogP contribution in [-0.2, 0) is 4.79 Å². The average Bonchev–Trinajstić information content (AvgIpc) is 3.24. The number of hydrogen-bond acceptors (Lipinski definition) is 3. The van der Waals surface area contributed by atoms with Crippen LogP contribution < -0.4 is 15.4 Å². The van der Waals surface area contributed by atoms with E-state index in [1.54, 1.807) is 7.05 Å². The lowest BCUT2D eigenvalue weighted by atomic mass is 10.1. The molecule has 2 N–H and O–H groups in total. The molecule has 6 nitrogen and oxygen atoms in total. The van der Waals surface area contributed by atoms with Crippen molar-refractivity contribution >= 4 is 35.8 Å². The summed E-state index contributed by atoms with van der Waals surface area (Å²) in [5.41, 5.74) is 2.23. The number of nitrogens with zero attached hydrogens (tertiary/aromatic N) is 2. The summed E-state index contributed by atoms with van der Waals surface area (Å²) in [6.07, 6.45) is 1.49. The number of amides is 1. The summed E-state index contributed by atoms with van der Waals surface area (Å²) in [5, 5.41) is 6.69. The van der Waals surface area contributed by atoms with Gasteiger partial charge in [0.2, 0.25) is 5.91 Å². The van der Waals surface area contributed by atoms with Gasteiger partial charge in [0.25, 0.3) is 0 Å². The maximum Gasteiger partial charge on any atom is 0.222 e. The second kappa shape index (κ2) is 12.4. The summed E-state index contributed by atoms with van der Waals surface area (Å²) in [6, 6.07) is 18.5. The summed E-state index contributed by atoms with van der Waals surface area (Å²) in [7, 11) is 1.75. The van der Waals surface area contributed by atoms with Gasteiger partial charge in [0.1, 0.15) is 12.4 Å². The van der Waals surface area contributed by atoms with Crippen LogP contribution in [0.2, 0.25) is 0 Å². The molecule has 1 atom stereocenters. The minimum absolute atomic E-state index is 0. The molecule has 1 amide bonds. The number of benzene rings is 2. The first kappa shape index (κ1) is 24.0. The van der Waals surface area contributed by atoms with Gasteiger partial charge in [-0.2, -0.15) is 0 Å². The highest BCUT2D eigenvalue weighted by Gasteiger charge is 2.25.